The van der Waals surface area contributed by atoms with Crippen LogP contribution in [-0.2, 0) is 0 Å². The summed E-state index contributed by atoms with van der Waals surface area (Å²) in [5.41, 5.74) is 0.446. The van der Waals surface area contributed by atoms with Crippen molar-refractivity contribution in [2.24, 2.45) is 0 Å². The molecule has 0 radical (unpaired) electrons. The summed E-state index contributed by atoms with van der Waals surface area (Å²) in [6.45, 7) is 5.94. The summed E-state index contributed by atoms with van der Waals surface area (Å²) < 4.78 is 0. The van der Waals surface area contributed by atoms with Gasteiger partial charge in [0.1, 0.15) is 0 Å². The predicted octanol–water partition coefficient (Wildman–Crippen LogP) is 2.09. The highest BCUT2D eigenvalue weighted by molar-refractivity contribution is 7.80. The van der Waals surface area contributed by atoms with Gasteiger partial charge < -0.3 is 5.32 Å². The summed E-state index contributed by atoms with van der Waals surface area (Å²) in [6, 6.07) is 8.98. The first kappa shape index (κ1) is 12.6. The quantitative estimate of drug-likeness (QED) is 0.734. The van der Waals surface area contributed by atoms with Crippen molar-refractivity contribution in [1.82, 2.24) is 10.6 Å². The van der Waals surface area contributed by atoms with E-state index in [1.54, 1.807) is 12.1 Å². The molecule has 0 aliphatic heterocycles. The summed E-state index contributed by atoms with van der Waals surface area (Å²) in [5.74, 6) is -0.192. The zero-order chi connectivity index (χ0) is 12.2. The third-order valence-electron chi connectivity index (χ3n) is 1.75. The van der Waals surface area contributed by atoms with Crippen LogP contribution in [-0.4, -0.2) is 16.6 Å². The zero-order valence-electron chi connectivity index (χ0n) is 9.70. The monoisotopic (exact) mass is 236 g/mol. The maximum absolute atomic E-state index is 11.7. The van der Waals surface area contributed by atoms with Gasteiger partial charge >= 0.3 is 0 Å². The highest BCUT2D eigenvalue weighted by Gasteiger charge is 2.13. The maximum Gasteiger partial charge on any atom is 0.257 e. The number of thiocarbonyl (C=S) groups is 1. The maximum atomic E-state index is 11.7. The third-order valence-corrected chi connectivity index (χ3v) is 1.96. The van der Waals surface area contributed by atoms with Gasteiger partial charge in [-0.25, -0.2) is 0 Å². The van der Waals surface area contributed by atoms with E-state index in [0.717, 1.165) is 0 Å². The van der Waals surface area contributed by atoms with Gasteiger partial charge in [0.15, 0.2) is 5.11 Å². The molecule has 0 aliphatic rings. The van der Waals surface area contributed by atoms with Gasteiger partial charge in [0.05, 0.1) is 0 Å². The van der Waals surface area contributed by atoms with Crippen LogP contribution in [0.25, 0.3) is 0 Å². The number of benzene rings is 1. The Kier molecular flexibility index (Phi) is 4.01. The molecule has 0 atom stereocenters. The average molecular weight is 236 g/mol. The number of hydrogen-bond donors (Lipinski definition) is 2. The van der Waals surface area contributed by atoms with Gasteiger partial charge in [0, 0.05) is 11.1 Å². The van der Waals surface area contributed by atoms with Crippen molar-refractivity contribution < 1.29 is 4.79 Å². The summed E-state index contributed by atoms with van der Waals surface area (Å²) in [6.07, 6.45) is 0. The average Bonchev–Trinajstić information content (AvgIpc) is 2.16. The molecule has 4 heteroatoms. The van der Waals surface area contributed by atoms with Gasteiger partial charge in [-0.15, -0.1) is 0 Å². The molecule has 3 nitrogen and oxygen atoms in total. The molecular formula is C12H16N2OS. The van der Waals surface area contributed by atoms with Gasteiger partial charge in [-0.2, -0.15) is 0 Å². The van der Waals surface area contributed by atoms with Crippen molar-refractivity contribution in [2.75, 3.05) is 0 Å². The Bertz CT molecular complexity index is 382. The van der Waals surface area contributed by atoms with E-state index in [1.807, 2.05) is 39.0 Å². The fourth-order valence-electron chi connectivity index (χ4n) is 1.14. The number of carbonyl (C=O) groups is 1. The molecule has 2 N–H and O–H groups in total. The Morgan fingerprint density at radius 3 is 2.25 bits per heavy atom. The Balaban J connectivity index is 2.56. The second-order valence-electron chi connectivity index (χ2n) is 4.52. The van der Waals surface area contributed by atoms with Crippen LogP contribution in [0, 0.1) is 0 Å². The second-order valence-corrected chi connectivity index (χ2v) is 4.93. The van der Waals surface area contributed by atoms with E-state index in [0.29, 0.717) is 10.7 Å². The predicted molar refractivity (Wildman–Crippen MR) is 69.4 cm³/mol. The SMILES string of the molecule is CC(C)(C)NC(=S)NC(=O)c1ccccc1. The minimum Gasteiger partial charge on any atom is -0.358 e. The largest absolute Gasteiger partial charge is 0.358 e. The van der Waals surface area contributed by atoms with Crippen LogP contribution >= 0.6 is 12.2 Å². The summed E-state index contributed by atoms with van der Waals surface area (Å²) in [7, 11) is 0. The normalized spacial score (nSPS) is 10.7. The fraction of sp³-hybridized carbons (Fsp3) is 0.333. The van der Waals surface area contributed by atoms with E-state index in [-0.39, 0.29) is 11.4 Å². The Morgan fingerprint density at radius 2 is 1.75 bits per heavy atom. The molecule has 0 bridgehead atoms. The lowest BCUT2D eigenvalue weighted by molar-refractivity contribution is 0.0976. The molecule has 0 aliphatic carbocycles. The van der Waals surface area contributed by atoms with Crippen molar-refractivity contribution in [3.05, 3.63) is 35.9 Å². The first-order chi connectivity index (χ1) is 7.38. The molecule has 0 aromatic heterocycles. The van der Waals surface area contributed by atoms with Gasteiger partial charge in [-0.3, -0.25) is 10.1 Å². The Hall–Kier alpha value is -1.42. The summed E-state index contributed by atoms with van der Waals surface area (Å²) in [5, 5.41) is 6.00. The number of carbonyl (C=O) groups excluding carboxylic acids is 1. The molecule has 0 saturated heterocycles. The minimum atomic E-state index is -0.192. The highest BCUT2D eigenvalue weighted by atomic mass is 32.1. The molecular weight excluding hydrogens is 220 g/mol. The van der Waals surface area contributed by atoms with Crippen LogP contribution in [0.4, 0.5) is 0 Å². The van der Waals surface area contributed by atoms with Crippen molar-refractivity contribution in [3.63, 3.8) is 0 Å². The lowest BCUT2D eigenvalue weighted by Crippen LogP contribution is -2.48. The van der Waals surface area contributed by atoms with E-state index < -0.39 is 0 Å². The standard InChI is InChI=1S/C12H16N2OS/c1-12(2,3)14-11(16)13-10(15)9-7-5-4-6-8-9/h4-8H,1-3H3,(H2,13,14,15,16). The minimum absolute atomic E-state index is 0.152. The fourth-order valence-corrected chi connectivity index (χ4v) is 1.54. The van der Waals surface area contributed by atoms with Crippen molar-refractivity contribution in [1.29, 1.82) is 0 Å². The number of hydrogen-bond acceptors (Lipinski definition) is 2. The molecule has 16 heavy (non-hydrogen) atoms. The second kappa shape index (κ2) is 5.07. The van der Waals surface area contributed by atoms with Crippen molar-refractivity contribution in [2.45, 2.75) is 26.3 Å². The van der Waals surface area contributed by atoms with Gasteiger partial charge in [0.2, 0.25) is 0 Å². The van der Waals surface area contributed by atoms with Gasteiger partial charge in [-0.1, -0.05) is 18.2 Å². The molecule has 1 aromatic carbocycles. The molecule has 0 unspecified atom stereocenters. The first-order valence-electron chi connectivity index (χ1n) is 5.07. The topological polar surface area (TPSA) is 41.1 Å². The lowest BCUT2D eigenvalue weighted by atomic mass is 10.1. The molecule has 1 aromatic rings. The highest BCUT2D eigenvalue weighted by Crippen LogP contribution is 2.00. The van der Waals surface area contributed by atoms with E-state index in [9.17, 15) is 4.79 Å². The molecule has 1 amide bonds. The summed E-state index contributed by atoms with van der Waals surface area (Å²) >= 11 is 5.04. The Labute approximate surface area is 101 Å². The van der Waals surface area contributed by atoms with E-state index in [4.69, 9.17) is 12.2 Å². The van der Waals surface area contributed by atoms with Crippen LogP contribution in [0.2, 0.25) is 0 Å². The van der Waals surface area contributed by atoms with E-state index >= 15 is 0 Å². The number of amides is 1. The van der Waals surface area contributed by atoms with Crippen molar-refractivity contribution in [3.8, 4) is 0 Å². The van der Waals surface area contributed by atoms with Crippen LogP contribution in [0.15, 0.2) is 30.3 Å². The molecule has 0 heterocycles. The molecule has 1 rings (SSSR count). The zero-order valence-corrected chi connectivity index (χ0v) is 10.5. The van der Waals surface area contributed by atoms with E-state index in [2.05, 4.69) is 10.6 Å². The molecule has 0 spiro atoms. The number of rotatable bonds is 1. The molecule has 0 fully saturated rings. The Morgan fingerprint density at radius 1 is 1.19 bits per heavy atom. The third kappa shape index (κ3) is 4.40. The van der Waals surface area contributed by atoms with Gasteiger partial charge in [0.25, 0.3) is 5.91 Å². The lowest BCUT2D eigenvalue weighted by Gasteiger charge is -2.22. The first-order valence-corrected chi connectivity index (χ1v) is 5.48. The molecule has 0 saturated carbocycles. The summed E-state index contributed by atoms with van der Waals surface area (Å²) in [4.78, 5) is 11.7. The van der Waals surface area contributed by atoms with Crippen LogP contribution < -0.4 is 10.6 Å². The smallest absolute Gasteiger partial charge is 0.257 e. The molecule has 86 valence electrons. The van der Waals surface area contributed by atoms with Crippen molar-refractivity contribution >= 4 is 23.2 Å². The van der Waals surface area contributed by atoms with E-state index in [1.165, 1.54) is 0 Å². The number of nitrogens with one attached hydrogen (secondary N) is 2. The van der Waals surface area contributed by atoms with Crippen LogP contribution in [0.5, 0.6) is 0 Å². The van der Waals surface area contributed by atoms with Crippen LogP contribution in [0.1, 0.15) is 31.1 Å². The van der Waals surface area contributed by atoms with Crippen LogP contribution in [0.3, 0.4) is 0 Å². The van der Waals surface area contributed by atoms with Gasteiger partial charge in [-0.05, 0) is 45.1 Å².